The van der Waals surface area contributed by atoms with Crippen molar-refractivity contribution in [3.05, 3.63) is 84.9 Å². The monoisotopic (exact) mass is 591 g/mol. The summed E-state index contributed by atoms with van der Waals surface area (Å²) in [6.45, 7) is 2.69. The molecule has 3 aromatic carbocycles. The molecule has 4 aromatic rings. The molecule has 1 aromatic heterocycles. The maximum absolute atomic E-state index is 14.9. The highest BCUT2D eigenvalue weighted by molar-refractivity contribution is 7.92. The van der Waals surface area contributed by atoms with Gasteiger partial charge in [-0.2, -0.15) is 0 Å². The quantitative estimate of drug-likeness (QED) is 0.221. The zero-order valence-corrected chi connectivity index (χ0v) is 24.4. The van der Waals surface area contributed by atoms with Gasteiger partial charge in [-0.1, -0.05) is 0 Å². The van der Waals surface area contributed by atoms with E-state index in [0.717, 1.165) is 32.4 Å². The number of nitrogens with one attached hydrogen (secondary N) is 2. The molecule has 1 fully saturated rings. The molecule has 0 spiro atoms. The smallest absolute Gasteiger partial charge is 0.261 e. The van der Waals surface area contributed by atoms with Gasteiger partial charge >= 0.3 is 0 Å². The van der Waals surface area contributed by atoms with Gasteiger partial charge in [0.1, 0.15) is 17.9 Å². The fourth-order valence-electron chi connectivity index (χ4n) is 4.79. The van der Waals surface area contributed by atoms with E-state index in [2.05, 4.69) is 32.0 Å². The maximum atomic E-state index is 14.9. The van der Waals surface area contributed by atoms with Crippen molar-refractivity contribution in [2.45, 2.75) is 24.2 Å². The minimum absolute atomic E-state index is 0.127. The summed E-state index contributed by atoms with van der Waals surface area (Å²) in [5.41, 5.74) is 2.24. The largest absolute Gasteiger partial charge is 0.497 e. The van der Waals surface area contributed by atoms with Crippen LogP contribution in [0.4, 0.5) is 21.6 Å². The molecule has 42 heavy (non-hydrogen) atoms. The van der Waals surface area contributed by atoms with E-state index in [1.54, 1.807) is 54.6 Å². The first kappa shape index (κ1) is 29.3. The van der Waals surface area contributed by atoms with E-state index in [1.807, 2.05) is 0 Å². The molecule has 1 aliphatic rings. The fraction of sp³-hybridized carbons (Fsp3) is 0.290. The summed E-state index contributed by atoms with van der Waals surface area (Å²) in [7, 11) is -0.0978. The number of hydrogen-bond acceptors (Lipinski definition) is 8. The molecule has 0 unspecified atom stereocenters. The lowest BCUT2D eigenvalue weighted by molar-refractivity contribution is 0.185. The molecule has 1 saturated heterocycles. The molecule has 9 nitrogen and oxygen atoms in total. The van der Waals surface area contributed by atoms with Crippen molar-refractivity contribution in [2.75, 3.05) is 43.9 Å². The topological polar surface area (TPSA) is 106 Å². The molecule has 2 N–H and O–H groups in total. The van der Waals surface area contributed by atoms with Crippen LogP contribution in [0.3, 0.4) is 0 Å². The van der Waals surface area contributed by atoms with Crippen LogP contribution in [-0.2, 0) is 10.0 Å². The molecule has 5 rings (SSSR count). The van der Waals surface area contributed by atoms with Crippen molar-refractivity contribution in [3.8, 4) is 22.8 Å². The average molecular weight is 592 g/mol. The SMILES string of the molecule is COc1ccc(S(=O)(=O)Nc2ccc(Nc3cc(-c4ccc(OCCC5CCN(C)CC5)c(F)c4)ncn3)cc2)cc1. The van der Waals surface area contributed by atoms with Crippen LogP contribution in [0.1, 0.15) is 19.3 Å². The van der Waals surface area contributed by atoms with Crippen LogP contribution < -0.4 is 19.5 Å². The summed E-state index contributed by atoms with van der Waals surface area (Å²) in [4.78, 5) is 11.0. The van der Waals surface area contributed by atoms with E-state index in [0.29, 0.717) is 46.7 Å². The van der Waals surface area contributed by atoms with Crippen LogP contribution in [0.5, 0.6) is 11.5 Å². The van der Waals surface area contributed by atoms with Crippen molar-refractivity contribution in [1.29, 1.82) is 0 Å². The Hall–Kier alpha value is -4.22. The molecule has 0 aliphatic carbocycles. The second-order valence-corrected chi connectivity index (χ2v) is 12.0. The highest BCUT2D eigenvalue weighted by atomic mass is 32.2. The third-order valence-corrected chi connectivity index (χ3v) is 8.69. The van der Waals surface area contributed by atoms with Crippen molar-refractivity contribution < 1.29 is 22.3 Å². The second kappa shape index (κ2) is 13.2. The number of rotatable bonds is 11. The highest BCUT2D eigenvalue weighted by Gasteiger charge is 2.17. The number of piperidine rings is 1. The van der Waals surface area contributed by atoms with Gasteiger partial charge in [-0.25, -0.2) is 22.8 Å². The molecule has 0 radical (unpaired) electrons. The fourth-order valence-corrected chi connectivity index (χ4v) is 5.84. The summed E-state index contributed by atoms with van der Waals surface area (Å²) >= 11 is 0. The Balaban J connectivity index is 1.18. The summed E-state index contributed by atoms with van der Waals surface area (Å²) in [5.74, 6) is 1.50. The summed E-state index contributed by atoms with van der Waals surface area (Å²) in [5, 5.41) is 3.17. The Morgan fingerprint density at radius 1 is 0.952 bits per heavy atom. The Kier molecular flexibility index (Phi) is 9.19. The summed E-state index contributed by atoms with van der Waals surface area (Å²) in [6.07, 6.45) is 4.63. The number of anilines is 3. The van der Waals surface area contributed by atoms with Crippen molar-refractivity contribution in [1.82, 2.24) is 14.9 Å². The lowest BCUT2D eigenvalue weighted by Gasteiger charge is -2.28. The zero-order chi connectivity index (χ0) is 29.5. The van der Waals surface area contributed by atoms with Crippen LogP contribution >= 0.6 is 0 Å². The van der Waals surface area contributed by atoms with E-state index < -0.39 is 15.8 Å². The minimum Gasteiger partial charge on any atom is -0.497 e. The highest BCUT2D eigenvalue weighted by Crippen LogP contribution is 2.28. The van der Waals surface area contributed by atoms with E-state index in [9.17, 15) is 12.8 Å². The number of benzene rings is 3. The summed E-state index contributed by atoms with van der Waals surface area (Å²) in [6, 6.07) is 19.4. The predicted octanol–water partition coefficient (Wildman–Crippen LogP) is 5.95. The van der Waals surface area contributed by atoms with Crippen molar-refractivity contribution in [3.63, 3.8) is 0 Å². The number of likely N-dealkylation sites (tertiary alicyclic amines) is 1. The van der Waals surface area contributed by atoms with Crippen LogP contribution in [0, 0.1) is 11.7 Å². The summed E-state index contributed by atoms with van der Waals surface area (Å²) < 4.78 is 53.7. The normalized spacial score (nSPS) is 14.4. The van der Waals surface area contributed by atoms with Gasteiger partial charge < -0.3 is 19.7 Å². The van der Waals surface area contributed by atoms with Gasteiger partial charge in [0.05, 0.1) is 24.3 Å². The van der Waals surface area contributed by atoms with Gasteiger partial charge in [0, 0.05) is 23.0 Å². The molecule has 0 atom stereocenters. The lowest BCUT2D eigenvalue weighted by Crippen LogP contribution is -2.30. The number of sulfonamides is 1. The van der Waals surface area contributed by atoms with Crippen LogP contribution in [0.15, 0.2) is 84.0 Å². The van der Waals surface area contributed by atoms with Crippen LogP contribution in [-0.4, -0.2) is 57.1 Å². The standard InChI is InChI=1S/C31H34FN5O4S/c1-37-16-13-22(14-17-37)15-18-41-30-12-3-23(19-28(30)32)29-20-31(34-21-33-29)35-24-4-6-25(7-5-24)36-42(38,39)27-10-8-26(40-2)9-11-27/h3-12,19-22,36H,13-18H2,1-2H3,(H,33,34,35). The Labute approximate surface area is 245 Å². The second-order valence-electron chi connectivity index (χ2n) is 10.3. The molecule has 1 aliphatic heterocycles. The third kappa shape index (κ3) is 7.54. The predicted molar refractivity (Wildman–Crippen MR) is 161 cm³/mol. The first-order valence-corrected chi connectivity index (χ1v) is 15.2. The van der Waals surface area contributed by atoms with Gasteiger partial charge in [-0.3, -0.25) is 4.72 Å². The zero-order valence-electron chi connectivity index (χ0n) is 23.6. The van der Waals surface area contributed by atoms with E-state index in [4.69, 9.17) is 9.47 Å². The molecule has 0 saturated carbocycles. The van der Waals surface area contributed by atoms with E-state index >= 15 is 0 Å². The number of methoxy groups -OCH3 is 1. The average Bonchev–Trinajstić information content (AvgIpc) is 3.00. The van der Waals surface area contributed by atoms with Gasteiger partial charge in [0.25, 0.3) is 10.0 Å². The van der Waals surface area contributed by atoms with Gasteiger partial charge in [0.2, 0.25) is 0 Å². The number of halogens is 1. The lowest BCUT2D eigenvalue weighted by atomic mass is 9.94. The molecule has 11 heteroatoms. The Bertz CT molecular complexity index is 1590. The number of aromatic nitrogens is 2. The molecular formula is C31H34FN5O4S. The van der Waals surface area contributed by atoms with Crippen LogP contribution in [0.2, 0.25) is 0 Å². The molecular weight excluding hydrogens is 557 g/mol. The van der Waals surface area contributed by atoms with Crippen molar-refractivity contribution >= 4 is 27.2 Å². The molecule has 0 amide bonds. The number of nitrogens with zero attached hydrogens (tertiary/aromatic N) is 3. The first-order valence-electron chi connectivity index (χ1n) is 13.8. The third-order valence-electron chi connectivity index (χ3n) is 7.30. The van der Waals surface area contributed by atoms with Gasteiger partial charge in [-0.05, 0) is 112 Å². The Morgan fingerprint density at radius 2 is 1.67 bits per heavy atom. The van der Waals surface area contributed by atoms with E-state index in [1.165, 1.54) is 31.6 Å². The molecule has 0 bridgehead atoms. The Morgan fingerprint density at radius 3 is 2.36 bits per heavy atom. The van der Waals surface area contributed by atoms with Crippen LogP contribution in [0.25, 0.3) is 11.3 Å². The van der Waals surface area contributed by atoms with Crippen molar-refractivity contribution in [2.24, 2.45) is 5.92 Å². The van der Waals surface area contributed by atoms with Gasteiger partial charge in [-0.15, -0.1) is 0 Å². The van der Waals surface area contributed by atoms with E-state index in [-0.39, 0.29) is 10.6 Å². The maximum Gasteiger partial charge on any atom is 0.261 e. The van der Waals surface area contributed by atoms with Gasteiger partial charge in [0.15, 0.2) is 11.6 Å². The molecule has 220 valence electrons. The molecule has 2 heterocycles. The first-order chi connectivity index (χ1) is 20.3. The number of hydrogen-bond donors (Lipinski definition) is 2. The number of ether oxygens (including phenoxy) is 2. The minimum atomic E-state index is -3.75.